The summed E-state index contributed by atoms with van der Waals surface area (Å²) in [7, 11) is 0. The fourth-order valence-electron chi connectivity index (χ4n) is 3.08. The van der Waals surface area contributed by atoms with Gasteiger partial charge in [-0.05, 0) is 23.6 Å². The number of carbonyl (C=O) groups excluding carboxylic acids is 4. The van der Waals surface area contributed by atoms with Crippen LogP contribution in [0, 0.1) is 0 Å². The quantitative estimate of drug-likeness (QED) is 0.552. The van der Waals surface area contributed by atoms with Gasteiger partial charge in [-0.2, -0.15) is 0 Å². The Balaban J connectivity index is 1.62. The number of para-hydroxylation sites is 1. The van der Waals surface area contributed by atoms with Crippen LogP contribution < -0.4 is 10.6 Å². The van der Waals surface area contributed by atoms with E-state index in [0.717, 1.165) is 10.5 Å². The molecule has 0 radical (unpaired) electrons. The molecule has 0 spiro atoms. The first kappa shape index (κ1) is 20.1. The van der Waals surface area contributed by atoms with Crippen LogP contribution in [0.3, 0.4) is 0 Å². The minimum atomic E-state index is -0.845. The van der Waals surface area contributed by atoms with Gasteiger partial charge in [0, 0.05) is 12.1 Å². The molecule has 4 amide bonds. The van der Waals surface area contributed by atoms with Crippen LogP contribution in [-0.4, -0.2) is 35.3 Å². The number of nitrogens with zero attached hydrogens (tertiary/aromatic N) is 1. The zero-order chi connectivity index (χ0) is 20.6. The molecule has 1 saturated heterocycles. The smallest absolute Gasteiger partial charge is 0.408 e. The number of ether oxygens (including phenoxy) is 1. The Bertz CT molecular complexity index is 900. The van der Waals surface area contributed by atoms with Gasteiger partial charge in [0.15, 0.2) is 0 Å². The van der Waals surface area contributed by atoms with E-state index in [4.69, 9.17) is 4.74 Å². The van der Waals surface area contributed by atoms with Gasteiger partial charge in [0.05, 0.1) is 6.54 Å². The van der Waals surface area contributed by atoms with Crippen LogP contribution in [0.2, 0.25) is 0 Å². The summed E-state index contributed by atoms with van der Waals surface area (Å²) in [5.74, 6) is -0.828. The molecule has 0 aromatic heterocycles. The molecule has 1 heterocycles. The maximum atomic E-state index is 12.8. The van der Waals surface area contributed by atoms with Crippen molar-refractivity contribution in [1.29, 1.82) is 0 Å². The first-order valence-electron chi connectivity index (χ1n) is 9.18. The Morgan fingerprint density at radius 1 is 1.10 bits per heavy atom. The van der Waals surface area contributed by atoms with Crippen molar-refractivity contribution in [3.05, 3.63) is 65.7 Å². The van der Waals surface area contributed by atoms with E-state index in [-0.39, 0.29) is 31.9 Å². The first-order valence-corrected chi connectivity index (χ1v) is 9.18. The molecule has 3 rings (SSSR count). The molecule has 8 heteroatoms. The number of likely N-dealkylation sites (tertiary alicyclic amines) is 1. The van der Waals surface area contributed by atoms with Crippen molar-refractivity contribution in [3.63, 3.8) is 0 Å². The van der Waals surface area contributed by atoms with Crippen molar-refractivity contribution in [1.82, 2.24) is 10.2 Å². The van der Waals surface area contributed by atoms with E-state index in [9.17, 15) is 19.2 Å². The lowest BCUT2D eigenvalue weighted by molar-refractivity contribution is -0.150. The highest BCUT2D eigenvalue weighted by Gasteiger charge is 2.35. The number of nitrogens with one attached hydrogen (secondary N) is 2. The summed E-state index contributed by atoms with van der Waals surface area (Å²) >= 11 is 0. The zero-order valence-corrected chi connectivity index (χ0v) is 15.7. The van der Waals surface area contributed by atoms with Gasteiger partial charge in [-0.15, -0.1) is 0 Å². The van der Waals surface area contributed by atoms with E-state index in [2.05, 4.69) is 10.6 Å². The van der Waals surface area contributed by atoms with E-state index in [1.165, 1.54) is 0 Å². The fraction of sp³-hybridized carbons (Fsp3) is 0.238. The number of hydrogen-bond donors (Lipinski definition) is 2. The van der Waals surface area contributed by atoms with Gasteiger partial charge in [-0.3, -0.25) is 19.3 Å². The van der Waals surface area contributed by atoms with Gasteiger partial charge in [-0.25, -0.2) is 4.79 Å². The number of piperidine rings is 1. The average molecular weight is 395 g/mol. The summed E-state index contributed by atoms with van der Waals surface area (Å²) in [6, 6.07) is 15.2. The van der Waals surface area contributed by atoms with Crippen LogP contribution in [0.1, 0.15) is 24.0 Å². The Morgan fingerprint density at radius 3 is 2.59 bits per heavy atom. The second-order valence-corrected chi connectivity index (χ2v) is 6.53. The van der Waals surface area contributed by atoms with E-state index in [1.54, 1.807) is 24.3 Å². The molecule has 0 bridgehead atoms. The molecule has 1 fully saturated rings. The molecular formula is C21H21N3O5. The third-order valence-electron chi connectivity index (χ3n) is 4.58. The molecule has 150 valence electrons. The summed E-state index contributed by atoms with van der Waals surface area (Å²) in [6.07, 6.45) is 0.150. The summed E-state index contributed by atoms with van der Waals surface area (Å²) in [5.41, 5.74) is 1.96. The number of benzene rings is 2. The zero-order valence-electron chi connectivity index (χ0n) is 15.7. The van der Waals surface area contributed by atoms with E-state index in [0.29, 0.717) is 17.7 Å². The molecule has 1 aliphatic rings. The highest BCUT2D eigenvalue weighted by Crippen LogP contribution is 2.21. The predicted octanol–water partition coefficient (Wildman–Crippen LogP) is 2.20. The Morgan fingerprint density at radius 2 is 1.83 bits per heavy atom. The number of imide groups is 1. The lowest BCUT2D eigenvalue weighted by atomic mass is 10.0. The number of hydrogen-bond acceptors (Lipinski definition) is 5. The van der Waals surface area contributed by atoms with Gasteiger partial charge in [0.1, 0.15) is 12.6 Å². The molecule has 1 aliphatic heterocycles. The minimum Gasteiger partial charge on any atom is -0.445 e. The summed E-state index contributed by atoms with van der Waals surface area (Å²) in [4.78, 5) is 49.0. The first-order chi connectivity index (χ1) is 14.1. The van der Waals surface area contributed by atoms with Crippen LogP contribution in [0.15, 0.2) is 54.6 Å². The van der Waals surface area contributed by atoms with E-state index >= 15 is 0 Å². The summed E-state index contributed by atoms with van der Waals surface area (Å²) in [6.45, 7) is 0.0902. The number of rotatable bonds is 7. The highest BCUT2D eigenvalue weighted by atomic mass is 16.5. The van der Waals surface area contributed by atoms with Gasteiger partial charge in [0.2, 0.25) is 12.3 Å². The minimum absolute atomic E-state index is 0.00588. The molecule has 1 unspecified atom stereocenters. The van der Waals surface area contributed by atoms with Crippen molar-refractivity contribution in [3.8, 4) is 0 Å². The lowest BCUT2D eigenvalue weighted by Gasteiger charge is -2.31. The van der Waals surface area contributed by atoms with Gasteiger partial charge in [-0.1, -0.05) is 48.5 Å². The molecule has 0 saturated carbocycles. The molecule has 2 N–H and O–H groups in total. The molecule has 2 aromatic carbocycles. The van der Waals surface area contributed by atoms with Crippen molar-refractivity contribution >= 4 is 30.0 Å². The van der Waals surface area contributed by atoms with E-state index in [1.807, 2.05) is 30.3 Å². The van der Waals surface area contributed by atoms with Gasteiger partial charge in [0.25, 0.3) is 5.91 Å². The maximum Gasteiger partial charge on any atom is 0.408 e. The van der Waals surface area contributed by atoms with Gasteiger partial charge < -0.3 is 15.4 Å². The Kier molecular flexibility index (Phi) is 6.57. The van der Waals surface area contributed by atoms with Crippen LogP contribution in [0.25, 0.3) is 0 Å². The Hall–Kier alpha value is -3.68. The number of carbonyl (C=O) groups is 4. The van der Waals surface area contributed by atoms with Crippen molar-refractivity contribution in [2.45, 2.75) is 32.0 Å². The molecule has 8 nitrogen and oxygen atoms in total. The van der Waals surface area contributed by atoms with Crippen molar-refractivity contribution in [2.75, 3.05) is 5.32 Å². The second-order valence-electron chi connectivity index (χ2n) is 6.53. The maximum absolute atomic E-state index is 12.8. The standard InChI is InChI=1S/C21H21N3O5/c25-14-22-17-9-5-4-8-16(17)12-24-19(26)11-10-18(20(24)27)23-21(28)29-13-15-6-2-1-3-7-15/h1-9,14,18H,10-13H2,(H,22,25)(H,23,28). The lowest BCUT2D eigenvalue weighted by Crippen LogP contribution is -2.54. The normalized spacial score (nSPS) is 16.3. The molecule has 29 heavy (non-hydrogen) atoms. The number of alkyl carbamates (subject to hydrolysis) is 1. The third kappa shape index (κ3) is 5.19. The molecule has 2 aromatic rings. The summed E-state index contributed by atoms with van der Waals surface area (Å²) in [5, 5.41) is 5.09. The third-order valence-corrected chi connectivity index (χ3v) is 4.58. The van der Waals surface area contributed by atoms with Gasteiger partial charge >= 0.3 is 6.09 Å². The van der Waals surface area contributed by atoms with Crippen molar-refractivity contribution in [2.24, 2.45) is 0 Å². The number of amides is 4. The SMILES string of the molecule is O=CNc1ccccc1CN1C(=O)CCC(NC(=O)OCc2ccccc2)C1=O. The largest absolute Gasteiger partial charge is 0.445 e. The van der Waals surface area contributed by atoms with Crippen molar-refractivity contribution < 1.29 is 23.9 Å². The predicted molar refractivity (Wildman–Crippen MR) is 104 cm³/mol. The van der Waals surface area contributed by atoms with Crippen LogP contribution in [0.4, 0.5) is 10.5 Å². The Labute approximate surface area is 167 Å². The molecule has 1 atom stereocenters. The number of anilines is 1. The van der Waals surface area contributed by atoms with Crippen LogP contribution >= 0.6 is 0 Å². The fourth-order valence-corrected chi connectivity index (χ4v) is 3.08. The van der Waals surface area contributed by atoms with Crippen LogP contribution in [0.5, 0.6) is 0 Å². The molecule has 0 aliphatic carbocycles. The second kappa shape index (κ2) is 9.50. The highest BCUT2D eigenvalue weighted by molar-refractivity contribution is 6.01. The van der Waals surface area contributed by atoms with Crippen LogP contribution in [-0.2, 0) is 32.3 Å². The summed E-state index contributed by atoms with van der Waals surface area (Å²) < 4.78 is 5.16. The average Bonchev–Trinajstić information content (AvgIpc) is 2.74. The van der Waals surface area contributed by atoms with E-state index < -0.39 is 18.0 Å². The monoisotopic (exact) mass is 395 g/mol. The topological polar surface area (TPSA) is 105 Å². The molecular weight excluding hydrogens is 374 g/mol.